The molecule has 3 aromatic rings. The molecule has 0 spiro atoms. The fourth-order valence-electron chi connectivity index (χ4n) is 2.14. The fraction of sp³-hybridized carbons (Fsp3) is 0.0667. The van der Waals surface area contributed by atoms with E-state index < -0.39 is 5.69 Å². The number of para-hydroxylation sites is 1. The van der Waals surface area contributed by atoms with E-state index in [-0.39, 0.29) is 5.56 Å². The van der Waals surface area contributed by atoms with E-state index in [0.717, 1.165) is 4.57 Å². The third kappa shape index (κ3) is 1.89. The number of nitrogens with one attached hydrogen (secondary N) is 1. The van der Waals surface area contributed by atoms with Crippen LogP contribution < -0.4 is 16.0 Å². The van der Waals surface area contributed by atoms with Crippen LogP contribution in [0.4, 0.5) is 0 Å². The van der Waals surface area contributed by atoms with Gasteiger partial charge in [-0.2, -0.15) is 0 Å². The van der Waals surface area contributed by atoms with Gasteiger partial charge in [0.1, 0.15) is 5.75 Å². The minimum Gasteiger partial charge on any atom is -0.497 e. The minimum absolute atomic E-state index is 0.349. The van der Waals surface area contributed by atoms with Crippen LogP contribution in [0.3, 0.4) is 0 Å². The maximum Gasteiger partial charge on any atom is 0.333 e. The molecular formula is C15H12N2O3. The Balaban J connectivity index is 2.36. The second-order valence-corrected chi connectivity index (χ2v) is 4.32. The predicted octanol–water partition coefficient (Wildman–Crippen LogP) is 1.69. The number of aromatic nitrogens is 2. The lowest BCUT2D eigenvalue weighted by atomic mass is 10.2. The van der Waals surface area contributed by atoms with E-state index >= 15 is 0 Å². The second-order valence-electron chi connectivity index (χ2n) is 4.32. The highest BCUT2D eigenvalue weighted by atomic mass is 16.5. The molecule has 0 amide bonds. The Kier molecular flexibility index (Phi) is 2.87. The summed E-state index contributed by atoms with van der Waals surface area (Å²) >= 11 is 0. The number of fused-ring (bicyclic) bond motifs is 1. The van der Waals surface area contributed by atoms with Gasteiger partial charge in [0, 0.05) is 6.07 Å². The Morgan fingerprint density at radius 1 is 1.05 bits per heavy atom. The molecule has 2 aromatic carbocycles. The fourth-order valence-corrected chi connectivity index (χ4v) is 2.14. The standard InChI is InChI=1S/C15H12N2O3/c1-20-11-7-8-12-13(9-11)16-15(19)17(14(12)18)10-5-3-2-4-6-10/h2-9H,1H3,(H,16,19). The van der Waals surface area contributed by atoms with Crippen molar-refractivity contribution in [2.75, 3.05) is 7.11 Å². The van der Waals surface area contributed by atoms with Gasteiger partial charge in [0.25, 0.3) is 5.56 Å². The molecule has 3 rings (SSSR count). The molecule has 5 nitrogen and oxygen atoms in total. The van der Waals surface area contributed by atoms with Crippen molar-refractivity contribution < 1.29 is 4.74 Å². The van der Waals surface area contributed by atoms with Gasteiger partial charge in [0.15, 0.2) is 0 Å². The first-order valence-corrected chi connectivity index (χ1v) is 6.09. The van der Waals surface area contributed by atoms with Crippen LogP contribution in [-0.2, 0) is 0 Å². The summed E-state index contributed by atoms with van der Waals surface area (Å²) < 4.78 is 6.21. The van der Waals surface area contributed by atoms with E-state index in [0.29, 0.717) is 22.3 Å². The summed E-state index contributed by atoms with van der Waals surface area (Å²) in [5.41, 5.74) is 0.183. The molecular weight excluding hydrogens is 256 g/mol. The first-order chi connectivity index (χ1) is 9.70. The minimum atomic E-state index is -0.470. The van der Waals surface area contributed by atoms with Crippen LogP contribution in [0.2, 0.25) is 0 Å². The number of hydrogen-bond acceptors (Lipinski definition) is 3. The van der Waals surface area contributed by atoms with E-state index in [4.69, 9.17) is 4.74 Å². The summed E-state index contributed by atoms with van der Waals surface area (Å²) in [7, 11) is 1.53. The largest absolute Gasteiger partial charge is 0.497 e. The summed E-state index contributed by atoms with van der Waals surface area (Å²) in [6.07, 6.45) is 0. The van der Waals surface area contributed by atoms with E-state index in [1.54, 1.807) is 42.5 Å². The highest BCUT2D eigenvalue weighted by Gasteiger charge is 2.09. The number of benzene rings is 2. The SMILES string of the molecule is COc1ccc2c(=O)n(-c3ccccc3)c(=O)[nH]c2c1. The zero-order valence-corrected chi connectivity index (χ0v) is 10.8. The summed E-state index contributed by atoms with van der Waals surface area (Å²) in [6.45, 7) is 0. The van der Waals surface area contributed by atoms with Gasteiger partial charge in [-0.05, 0) is 24.3 Å². The maximum atomic E-state index is 12.5. The zero-order valence-electron chi connectivity index (χ0n) is 10.8. The van der Waals surface area contributed by atoms with Crippen molar-refractivity contribution in [1.29, 1.82) is 0 Å². The first-order valence-electron chi connectivity index (χ1n) is 6.09. The van der Waals surface area contributed by atoms with Gasteiger partial charge >= 0.3 is 5.69 Å². The number of methoxy groups -OCH3 is 1. The van der Waals surface area contributed by atoms with E-state index in [1.807, 2.05) is 6.07 Å². The number of ether oxygens (including phenoxy) is 1. The van der Waals surface area contributed by atoms with Crippen LogP contribution >= 0.6 is 0 Å². The van der Waals surface area contributed by atoms with Crippen molar-refractivity contribution in [3.05, 3.63) is 69.4 Å². The van der Waals surface area contributed by atoms with Crippen LogP contribution in [-0.4, -0.2) is 16.7 Å². The third-order valence-electron chi connectivity index (χ3n) is 3.12. The molecule has 100 valence electrons. The van der Waals surface area contributed by atoms with Gasteiger partial charge < -0.3 is 9.72 Å². The molecule has 0 aliphatic rings. The first kappa shape index (κ1) is 12.2. The normalized spacial score (nSPS) is 10.7. The van der Waals surface area contributed by atoms with Gasteiger partial charge in [-0.25, -0.2) is 9.36 Å². The van der Waals surface area contributed by atoms with Crippen LogP contribution in [0.25, 0.3) is 16.6 Å². The number of aromatic amines is 1. The van der Waals surface area contributed by atoms with Gasteiger partial charge in [-0.3, -0.25) is 4.79 Å². The van der Waals surface area contributed by atoms with E-state index in [2.05, 4.69) is 4.98 Å². The summed E-state index contributed by atoms with van der Waals surface area (Å²) in [5.74, 6) is 0.588. The average Bonchev–Trinajstić information content (AvgIpc) is 2.47. The van der Waals surface area contributed by atoms with Crippen LogP contribution in [0.5, 0.6) is 5.75 Å². The number of rotatable bonds is 2. The molecule has 0 aliphatic carbocycles. The van der Waals surface area contributed by atoms with Crippen molar-refractivity contribution in [3.8, 4) is 11.4 Å². The van der Waals surface area contributed by atoms with E-state index in [9.17, 15) is 9.59 Å². The average molecular weight is 268 g/mol. The monoisotopic (exact) mass is 268 g/mol. The summed E-state index contributed by atoms with van der Waals surface area (Å²) in [4.78, 5) is 27.3. The van der Waals surface area contributed by atoms with Crippen LogP contribution in [0.1, 0.15) is 0 Å². The Hall–Kier alpha value is -2.82. The molecule has 0 radical (unpaired) electrons. The lowest BCUT2D eigenvalue weighted by Gasteiger charge is -2.07. The number of H-pyrrole nitrogens is 1. The Bertz CT molecular complexity index is 879. The van der Waals surface area contributed by atoms with Gasteiger partial charge in [0.2, 0.25) is 0 Å². The number of hydrogen-bond donors (Lipinski definition) is 1. The molecule has 20 heavy (non-hydrogen) atoms. The molecule has 0 aliphatic heterocycles. The molecule has 1 N–H and O–H groups in total. The van der Waals surface area contributed by atoms with Gasteiger partial charge in [0.05, 0.1) is 23.7 Å². The predicted molar refractivity (Wildman–Crippen MR) is 76.7 cm³/mol. The molecule has 5 heteroatoms. The molecule has 1 heterocycles. The van der Waals surface area contributed by atoms with Crippen LogP contribution in [0, 0.1) is 0 Å². The zero-order chi connectivity index (χ0) is 14.1. The smallest absolute Gasteiger partial charge is 0.333 e. The summed E-state index contributed by atoms with van der Waals surface area (Å²) in [6, 6.07) is 13.8. The third-order valence-corrected chi connectivity index (χ3v) is 3.12. The van der Waals surface area contributed by atoms with Gasteiger partial charge in [-0.15, -0.1) is 0 Å². The lowest BCUT2D eigenvalue weighted by Crippen LogP contribution is -2.33. The lowest BCUT2D eigenvalue weighted by molar-refractivity contribution is 0.415. The molecule has 0 saturated heterocycles. The van der Waals surface area contributed by atoms with Crippen molar-refractivity contribution in [3.63, 3.8) is 0 Å². The molecule has 1 aromatic heterocycles. The van der Waals surface area contributed by atoms with E-state index in [1.165, 1.54) is 7.11 Å². The topological polar surface area (TPSA) is 64.1 Å². The van der Waals surface area contributed by atoms with Crippen molar-refractivity contribution in [2.24, 2.45) is 0 Å². The summed E-state index contributed by atoms with van der Waals surface area (Å²) in [5, 5.41) is 0.439. The van der Waals surface area contributed by atoms with Crippen molar-refractivity contribution >= 4 is 10.9 Å². The molecule has 0 fully saturated rings. The highest BCUT2D eigenvalue weighted by molar-refractivity contribution is 5.79. The Morgan fingerprint density at radius 2 is 1.80 bits per heavy atom. The van der Waals surface area contributed by atoms with Gasteiger partial charge in [-0.1, -0.05) is 18.2 Å². The number of nitrogens with zero attached hydrogens (tertiary/aromatic N) is 1. The Labute approximate surface area is 114 Å². The second kappa shape index (κ2) is 4.70. The van der Waals surface area contributed by atoms with Crippen LogP contribution in [0.15, 0.2) is 58.1 Å². The molecule has 0 saturated carbocycles. The highest BCUT2D eigenvalue weighted by Crippen LogP contribution is 2.15. The molecule has 0 unspecified atom stereocenters. The molecule has 0 bridgehead atoms. The molecule has 0 atom stereocenters. The van der Waals surface area contributed by atoms with Crippen molar-refractivity contribution in [2.45, 2.75) is 0 Å². The maximum absolute atomic E-state index is 12.5. The quantitative estimate of drug-likeness (QED) is 0.769. The Morgan fingerprint density at radius 3 is 2.50 bits per heavy atom. The van der Waals surface area contributed by atoms with Crippen molar-refractivity contribution in [1.82, 2.24) is 9.55 Å².